The minimum atomic E-state index is -0.425. The minimum absolute atomic E-state index is 0.0306. The summed E-state index contributed by atoms with van der Waals surface area (Å²) in [7, 11) is 0. The summed E-state index contributed by atoms with van der Waals surface area (Å²) in [4.78, 5) is 22.4. The summed E-state index contributed by atoms with van der Waals surface area (Å²) < 4.78 is 33.4. The average Bonchev–Trinajstić information content (AvgIpc) is 3.44. The van der Waals surface area contributed by atoms with Crippen LogP contribution in [0.3, 0.4) is 0 Å². The molecule has 41 heavy (non-hydrogen) atoms. The van der Waals surface area contributed by atoms with Crippen LogP contribution in [0.25, 0.3) is 10.9 Å². The number of nitrogens with zero attached hydrogens (tertiary/aromatic N) is 6. The van der Waals surface area contributed by atoms with Gasteiger partial charge in [-0.05, 0) is 56.4 Å². The summed E-state index contributed by atoms with van der Waals surface area (Å²) in [6.07, 6.45) is 7.18. The number of ether oxygens (including phenoxy) is 3. The van der Waals surface area contributed by atoms with Gasteiger partial charge < -0.3 is 19.1 Å². The Kier molecular flexibility index (Phi) is 7.64. The molecule has 12 heteroatoms. The summed E-state index contributed by atoms with van der Waals surface area (Å²) in [6, 6.07) is 10.3. The molecular weight excluding hydrogens is 531 g/mol. The molecule has 3 aromatic heterocycles. The second-order valence-corrected chi connectivity index (χ2v) is 10.4. The predicted octanol–water partition coefficient (Wildman–Crippen LogP) is 5.41. The number of non-ortho nitro benzene ring substituents is 1. The van der Waals surface area contributed by atoms with Crippen molar-refractivity contribution in [3.05, 3.63) is 76.5 Å². The molecule has 1 aliphatic heterocycles. The van der Waals surface area contributed by atoms with Gasteiger partial charge in [0, 0.05) is 31.3 Å². The van der Waals surface area contributed by atoms with Crippen molar-refractivity contribution in [1.82, 2.24) is 19.7 Å². The monoisotopic (exact) mass is 562 g/mol. The molecular formula is C29H31FN6O5. The van der Waals surface area contributed by atoms with E-state index in [1.165, 1.54) is 24.5 Å². The Morgan fingerprint density at radius 3 is 2.54 bits per heavy atom. The van der Waals surface area contributed by atoms with Crippen molar-refractivity contribution in [2.75, 3.05) is 31.2 Å². The summed E-state index contributed by atoms with van der Waals surface area (Å²) in [6.45, 7) is 4.62. The van der Waals surface area contributed by atoms with Crippen LogP contribution in [0.5, 0.6) is 11.6 Å². The molecule has 214 valence electrons. The van der Waals surface area contributed by atoms with E-state index in [0.717, 1.165) is 61.1 Å². The van der Waals surface area contributed by atoms with Gasteiger partial charge in [0.05, 0.1) is 53.7 Å². The highest BCUT2D eigenvalue weighted by molar-refractivity contribution is 5.87. The molecule has 2 aliphatic rings. The molecule has 4 heterocycles. The topological polar surface area (TPSA) is 118 Å². The fourth-order valence-electron chi connectivity index (χ4n) is 5.41. The Labute approximate surface area is 236 Å². The van der Waals surface area contributed by atoms with Crippen LogP contribution in [-0.4, -0.2) is 57.1 Å². The quantitative estimate of drug-likeness (QED) is 0.205. The zero-order chi connectivity index (χ0) is 28.3. The Morgan fingerprint density at radius 2 is 1.85 bits per heavy atom. The van der Waals surface area contributed by atoms with Crippen LogP contribution in [0.1, 0.15) is 50.3 Å². The molecule has 1 atom stereocenters. The van der Waals surface area contributed by atoms with Crippen molar-refractivity contribution < 1.29 is 23.5 Å². The van der Waals surface area contributed by atoms with Crippen molar-refractivity contribution in [2.45, 2.75) is 50.9 Å². The first-order valence-corrected chi connectivity index (χ1v) is 13.8. The lowest BCUT2D eigenvalue weighted by atomic mass is 9.93. The van der Waals surface area contributed by atoms with Gasteiger partial charge in [-0.2, -0.15) is 10.1 Å². The van der Waals surface area contributed by atoms with Crippen LogP contribution >= 0.6 is 0 Å². The lowest BCUT2D eigenvalue weighted by Gasteiger charge is -2.30. The second-order valence-electron chi connectivity index (χ2n) is 10.4. The van der Waals surface area contributed by atoms with Crippen LogP contribution in [0.4, 0.5) is 15.9 Å². The SMILES string of the molecule is C[C@@H](Oc1cnc2cc(N3CCOCC3)nc(OC3CCC(n4cc(F)cn4)CC3)c2c1)c1ccc([N+](=O)[O-])cc1. The number of halogens is 1. The molecule has 0 radical (unpaired) electrons. The maximum Gasteiger partial charge on any atom is 0.269 e. The lowest BCUT2D eigenvalue weighted by molar-refractivity contribution is -0.384. The van der Waals surface area contributed by atoms with Gasteiger partial charge >= 0.3 is 0 Å². The number of rotatable bonds is 8. The number of hydrogen-bond donors (Lipinski definition) is 0. The summed E-state index contributed by atoms with van der Waals surface area (Å²) in [5.41, 5.74) is 1.58. The molecule has 1 aliphatic carbocycles. The Balaban J connectivity index is 1.24. The molecule has 4 aromatic rings. The lowest BCUT2D eigenvalue weighted by Crippen LogP contribution is -2.36. The molecule has 0 bridgehead atoms. The zero-order valence-electron chi connectivity index (χ0n) is 22.7. The maximum absolute atomic E-state index is 13.5. The van der Waals surface area contributed by atoms with Crippen LogP contribution in [0, 0.1) is 15.9 Å². The smallest absolute Gasteiger partial charge is 0.269 e. The molecule has 0 amide bonds. The Bertz CT molecular complexity index is 1520. The van der Waals surface area contributed by atoms with Gasteiger partial charge in [-0.3, -0.25) is 19.8 Å². The number of morpholine rings is 1. The fourth-order valence-corrected chi connectivity index (χ4v) is 5.41. The minimum Gasteiger partial charge on any atom is -0.484 e. The highest BCUT2D eigenvalue weighted by Crippen LogP contribution is 2.35. The van der Waals surface area contributed by atoms with Gasteiger partial charge in [0.25, 0.3) is 5.69 Å². The van der Waals surface area contributed by atoms with Crippen molar-refractivity contribution >= 4 is 22.4 Å². The van der Waals surface area contributed by atoms with Gasteiger partial charge in [-0.1, -0.05) is 0 Å². The van der Waals surface area contributed by atoms with Crippen molar-refractivity contribution in [2.24, 2.45) is 0 Å². The number of nitro benzene ring substituents is 1. The number of aromatic nitrogens is 4. The molecule has 6 rings (SSSR count). The molecule has 11 nitrogen and oxygen atoms in total. The molecule has 0 unspecified atom stereocenters. The van der Waals surface area contributed by atoms with E-state index in [1.54, 1.807) is 23.0 Å². The van der Waals surface area contributed by atoms with Crippen molar-refractivity contribution in [3.8, 4) is 11.6 Å². The first-order chi connectivity index (χ1) is 19.9. The Hall–Kier alpha value is -4.32. The zero-order valence-corrected chi connectivity index (χ0v) is 22.7. The molecule has 1 saturated heterocycles. The highest BCUT2D eigenvalue weighted by atomic mass is 19.1. The second kappa shape index (κ2) is 11.7. The van der Waals surface area contributed by atoms with Crippen molar-refractivity contribution in [1.29, 1.82) is 0 Å². The standard InChI is InChI=1S/C29H31FN6O5/c1-19(20-2-4-23(5-3-20)36(37)38)40-25-14-26-27(31-17-25)15-28(34-10-12-39-13-11-34)33-29(26)41-24-8-6-22(7-9-24)35-18-21(30)16-32-35/h2-5,14-19,22,24H,6-13H2,1H3/t19-,22?,24?/m1/s1. The van der Waals surface area contributed by atoms with E-state index in [1.807, 2.05) is 19.1 Å². The molecule has 1 saturated carbocycles. The third-order valence-corrected chi connectivity index (χ3v) is 7.69. The van der Waals surface area contributed by atoms with Crippen molar-refractivity contribution in [3.63, 3.8) is 0 Å². The number of anilines is 1. The maximum atomic E-state index is 13.5. The Morgan fingerprint density at radius 1 is 1.10 bits per heavy atom. The number of hydrogen-bond acceptors (Lipinski definition) is 9. The van der Waals surface area contributed by atoms with E-state index in [0.29, 0.717) is 24.8 Å². The van der Waals surface area contributed by atoms with Gasteiger partial charge in [-0.25, -0.2) is 4.39 Å². The van der Waals surface area contributed by atoms with E-state index >= 15 is 0 Å². The van der Waals surface area contributed by atoms with Gasteiger partial charge in [0.1, 0.15) is 23.8 Å². The summed E-state index contributed by atoms with van der Waals surface area (Å²) in [5.74, 6) is 1.50. The van der Waals surface area contributed by atoms with Gasteiger partial charge in [-0.15, -0.1) is 0 Å². The fraction of sp³-hybridized carbons (Fsp3) is 0.414. The molecule has 0 N–H and O–H groups in total. The predicted molar refractivity (Wildman–Crippen MR) is 149 cm³/mol. The highest BCUT2D eigenvalue weighted by Gasteiger charge is 2.26. The van der Waals surface area contributed by atoms with Crippen LogP contribution in [-0.2, 0) is 4.74 Å². The normalized spacial score (nSPS) is 20.1. The number of pyridine rings is 2. The average molecular weight is 563 g/mol. The number of benzene rings is 1. The van der Waals surface area contributed by atoms with Gasteiger partial charge in [0.15, 0.2) is 5.82 Å². The van der Waals surface area contributed by atoms with E-state index in [-0.39, 0.29) is 29.8 Å². The third kappa shape index (κ3) is 6.07. The van der Waals surface area contributed by atoms with E-state index in [9.17, 15) is 14.5 Å². The van der Waals surface area contributed by atoms with Crippen LogP contribution in [0.2, 0.25) is 0 Å². The largest absolute Gasteiger partial charge is 0.484 e. The molecule has 0 spiro atoms. The number of fused-ring (bicyclic) bond motifs is 1. The first-order valence-electron chi connectivity index (χ1n) is 13.8. The van der Waals surface area contributed by atoms with E-state index in [2.05, 4.69) is 15.0 Å². The van der Waals surface area contributed by atoms with E-state index in [4.69, 9.17) is 19.2 Å². The molecule has 1 aromatic carbocycles. The number of nitro groups is 1. The van der Waals surface area contributed by atoms with E-state index < -0.39 is 4.92 Å². The van der Waals surface area contributed by atoms with Gasteiger partial charge in [0.2, 0.25) is 5.88 Å². The summed E-state index contributed by atoms with van der Waals surface area (Å²) in [5, 5.41) is 15.9. The molecule has 2 fully saturated rings. The van der Waals surface area contributed by atoms with Crippen LogP contribution < -0.4 is 14.4 Å². The first kappa shape index (κ1) is 26.9. The third-order valence-electron chi connectivity index (χ3n) is 7.69. The summed E-state index contributed by atoms with van der Waals surface area (Å²) >= 11 is 0. The van der Waals surface area contributed by atoms with Crippen LogP contribution in [0.15, 0.2) is 55.0 Å².